The molecule has 5 atom stereocenters. The number of hydrogen-bond acceptors (Lipinski definition) is 2. The van der Waals surface area contributed by atoms with E-state index in [1.807, 2.05) is 0 Å². The van der Waals surface area contributed by atoms with Gasteiger partial charge in [-0.2, -0.15) is 26.3 Å². The average molecular weight is 666 g/mol. The molecule has 0 amide bonds. The molecule has 0 saturated heterocycles. The maximum absolute atomic E-state index is 13.4. The summed E-state index contributed by atoms with van der Waals surface area (Å²) in [6, 6.07) is 23.1. The van der Waals surface area contributed by atoms with Gasteiger partial charge in [0.25, 0.3) is 0 Å². The van der Waals surface area contributed by atoms with E-state index in [1.165, 1.54) is 10.6 Å². The van der Waals surface area contributed by atoms with Crippen molar-refractivity contribution in [2.24, 2.45) is 5.92 Å². The molecule has 0 aromatic heterocycles. The van der Waals surface area contributed by atoms with Gasteiger partial charge in [-0.05, 0) is 93.1 Å². The Balaban J connectivity index is 1.29. The average Bonchev–Trinajstić information content (AvgIpc) is 3.48. The predicted molar refractivity (Wildman–Crippen MR) is 175 cm³/mol. The first-order valence-corrected chi connectivity index (χ1v) is 17.2. The highest BCUT2D eigenvalue weighted by Crippen LogP contribution is 2.51. The van der Waals surface area contributed by atoms with Crippen molar-refractivity contribution in [2.45, 2.75) is 88.0 Å². The van der Waals surface area contributed by atoms with E-state index in [4.69, 9.17) is 12.2 Å². The summed E-state index contributed by atoms with van der Waals surface area (Å²) in [5.74, 6) is 0.454. The quantitative estimate of drug-likeness (QED) is 0.128. The molecule has 2 unspecified atom stereocenters. The van der Waals surface area contributed by atoms with Crippen LogP contribution in [0.25, 0.3) is 0 Å². The molecule has 3 nitrogen and oxygen atoms in total. The van der Waals surface area contributed by atoms with E-state index in [0.29, 0.717) is 23.7 Å². The summed E-state index contributed by atoms with van der Waals surface area (Å²) in [6.45, 7) is 2.25. The molecule has 45 heavy (non-hydrogen) atoms. The molecule has 5 rings (SSSR count). The lowest BCUT2D eigenvalue weighted by Crippen LogP contribution is -2.56. The van der Waals surface area contributed by atoms with E-state index in [0.717, 1.165) is 44.9 Å². The van der Waals surface area contributed by atoms with Gasteiger partial charge in [0.15, 0.2) is 5.11 Å². The monoisotopic (exact) mass is 665 g/mol. The number of nitrogens with one attached hydrogen (secondary N) is 3. The van der Waals surface area contributed by atoms with Crippen LogP contribution in [0, 0.1) is 5.92 Å². The smallest absolute Gasteiger partial charge is 0.358 e. The second-order valence-corrected chi connectivity index (χ2v) is 14.9. The minimum absolute atomic E-state index is 0.00391. The highest BCUT2D eigenvalue weighted by molar-refractivity contribution is 7.80. The first-order valence-electron chi connectivity index (χ1n) is 15.4. The summed E-state index contributed by atoms with van der Waals surface area (Å²) in [4.78, 5) is 0. The van der Waals surface area contributed by atoms with Gasteiger partial charge in [0, 0.05) is 23.8 Å². The fraction of sp³-hybridized carbons (Fsp3) is 0.441. The second-order valence-electron chi connectivity index (χ2n) is 12.0. The molecule has 2 saturated carbocycles. The predicted octanol–water partition coefficient (Wildman–Crippen LogP) is 8.60. The summed E-state index contributed by atoms with van der Waals surface area (Å²) in [6.07, 6.45) is -2.75. The number of alkyl halides is 6. The summed E-state index contributed by atoms with van der Waals surface area (Å²) >= 11 is 5.42. The maximum Gasteiger partial charge on any atom is 0.416 e. The Hall–Kier alpha value is -2.68. The zero-order valence-electron chi connectivity index (χ0n) is 25.0. The van der Waals surface area contributed by atoms with Crippen molar-refractivity contribution in [3.05, 3.63) is 90.0 Å². The molecule has 242 valence electrons. The van der Waals surface area contributed by atoms with Crippen LogP contribution in [0.15, 0.2) is 78.9 Å². The Morgan fingerprint density at radius 3 is 1.80 bits per heavy atom. The molecule has 0 heterocycles. The summed E-state index contributed by atoms with van der Waals surface area (Å²) in [5.41, 5.74) is -2.61. The van der Waals surface area contributed by atoms with E-state index in [-0.39, 0.29) is 35.0 Å². The van der Waals surface area contributed by atoms with Crippen molar-refractivity contribution >= 4 is 41.5 Å². The first-order chi connectivity index (χ1) is 21.4. The summed E-state index contributed by atoms with van der Waals surface area (Å²) < 4.78 is 80.2. The van der Waals surface area contributed by atoms with Crippen LogP contribution in [0.2, 0.25) is 0 Å². The van der Waals surface area contributed by atoms with Crippen molar-refractivity contribution in [1.82, 2.24) is 10.6 Å². The molecular weight excluding hydrogens is 627 g/mol. The third kappa shape index (κ3) is 8.57. The van der Waals surface area contributed by atoms with Gasteiger partial charge >= 0.3 is 12.4 Å². The fourth-order valence-electron chi connectivity index (χ4n) is 6.91. The van der Waals surface area contributed by atoms with Gasteiger partial charge in [-0.15, -0.1) is 0 Å². The van der Waals surface area contributed by atoms with Crippen molar-refractivity contribution < 1.29 is 26.3 Å². The van der Waals surface area contributed by atoms with Crippen molar-refractivity contribution in [3.8, 4) is 0 Å². The number of benzene rings is 3. The van der Waals surface area contributed by atoms with Gasteiger partial charge in [0.2, 0.25) is 0 Å². The van der Waals surface area contributed by atoms with Crippen molar-refractivity contribution in [3.63, 3.8) is 0 Å². The molecule has 2 aliphatic rings. The number of thiocarbonyl (C=S) groups is 1. The Bertz CT molecular complexity index is 1350. The minimum Gasteiger partial charge on any atom is -0.358 e. The Morgan fingerprint density at radius 1 is 0.733 bits per heavy atom. The lowest BCUT2D eigenvalue weighted by atomic mass is 9.88. The van der Waals surface area contributed by atoms with Crippen LogP contribution < -0.4 is 26.6 Å². The molecule has 0 aliphatic heterocycles. The fourth-order valence-corrected chi connectivity index (χ4v) is 10.5. The van der Waals surface area contributed by atoms with Crippen LogP contribution >= 0.6 is 20.1 Å². The number of anilines is 1. The highest BCUT2D eigenvalue weighted by atomic mass is 32.1. The van der Waals surface area contributed by atoms with Gasteiger partial charge in [-0.1, -0.05) is 79.9 Å². The maximum atomic E-state index is 13.4. The second kappa shape index (κ2) is 14.4. The van der Waals surface area contributed by atoms with E-state index < -0.39 is 31.4 Å². The third-order valence-electron chi connectivity index (χ3n) is 8.98. The number of rotatable bonds is 8. The van der Waals surface area contributed by atoms with Crippen molar-refractivity contribution in [2.75, 3.05) is 5.32 Å². The molecular formula is C34H38F6N3PS. The van der Waals surface area contributed by atoms with Crippen LogP contribution in [0.1, 0.15) is 63.0 Å². The van der Waals surface area contributed by atoms with Crippen LogP contribution in [0.3, 0.4) is 0 Å². The van der Waals surface area contributed by atoms with Gasteiger partial charge in [0.05, 0.1) is 11.1 Å². The van der Waals surface area contributed by atoms with E-state index in [1.54, 1.807) is 0 Å². The van der Waals surface area contributed by atoms with Gasteiger partial charge in [-0.25, -0.2) is 0 Å². The molecule has 2 aliphatic carbocycles. The van der Waals surface area contributed by atoms with Crippen LogP contribution in [0.4, 0.5) is 32.0 Å². The minimum atomic E-state index is -4.93. The largest absolute Gasteiger partial charge is 0.416 e. The van der Waals surface area contributed by atoms with Crippen LogP contribution in [-0.4, -0.2) is 28.9 Å². The molecule has 0 spiro atoms. The molecule has 0 bridgehead atoms. The molecule has 3 aromatic carbocycles. The normalized spacial score (nSPS) is 23.1. The Morgan fingerprint density at radius 2 is 1.27 bits per heavy atom. The van der Waals surface area contributed by atoms with Crippen LogP contribution in [-0.2, 0) is 12.4 Å². The van der Waals surface area contributed by atoms with Gasteiger partial charge < -0.3 is 16.0 Å². The van der Waals surface area contributed by atoms with Gasteiger partial charge in [-0.3, -0.25) is 0 Å². The summed E-state index contributed by atoms with van der Waals surface area (Å²) in [7, 11) is -0.569. The first kappa shape index (κ1) is 33.7. The highest BCUT2D eigenvalue weighted by Gasteiger charge is 2.40. The number of hydrogen-bond donors (Lipinski definition) is 3. The summed E-state index contributed by atoms with van der Waals surface area (Å²) in [5, 5.41) is 12.5. The van der Waals surface area contributed by atoms with Crippen LogP contribution in [0.5, 0.6) is 0 Å². The van der Waals surface area contributed by atoms with E-state index in [2.05, 4.69) is 83.5 Å². The molecule has 3 N–H and O–H groups in total. The zero-order chi connectivity index (χ0) is 32.2. The molecule has 2 fully saturated rings. The van der Waals surface area contributed by atoms with E-state index in [9.17, 15) is 26.3 Å². The SMILES string of the molecule is C[C@@H](N[C@H]1CCCC[C@@H]1NC(=S)Nc1cc(C(F)(F)F)cc(C(F)(F)F)c1)C1CCCC1P(c1ccccc1)c1ccccc1. The third-order valence-corrected chi connectivity index (χ3v) is 12.2. The lowest BCUT2D eigenvalue weighted by molar-refractivity contribution is -0.143. The zero-order valence-corrected chi connectivity index (χ0v) is 26.7. The van der Waals surface area contributed by atoms with E-state index >= 15 is 0 Å². The standard InChI is InChI=1S/C34H38F6N3PS/c1-22(28-15-10-18-31(28)44(26-11-4-2-5-12-26)27-13-6-3-7-14-27)41-29-16-8-9-17-30(29)43-32(45)42-25-20-23(33(35,36)37)19-24(21-25)34(38,39)40/h2-7,11-14,19-22,28-31,41H,8-10,15-18H2,1H3,(H2,42,43,45)/t22-,28?,29+,30+,31?/m1/s1. The Labute approximate surface area is 267 Å². The molecule has 3 aromatic rings. The van der Waals surface area contributed by atoms with Gasteiger partial charge in [0.1, 0.15) is 0 Å². The Kier molecular flexibility index (Phi) is 10.8. The molecule has 11 heteroatoms. The number of halogens is 6. The lowest BCUT2D eigenvalue weighted by Gasteiger charge is -2.39. The van der Waals surface area contributed by atoms with Crippen molar-refractivity contribution in [1.29, 1.82) is 0 Å². The topological polar surface area (TPSA) is 36.1 Å². The molecule has 0 radical (unpaired) electrons.